The van der Waals surface area contributed by atoms with E-state index in [9.17, 15) is 23.1 Å². The first-order chi connectivity index (χ1) is 16.6. The lowest BCUT2D eigenvalue weighted by Crippen LogP contribution is -2.60. The molecule has 11 heteroatoms. The van der Waals surface area contributed by atoms with Crippen molar-refractivity contribution < 1.29 is 23.1 Å². The van der Waals surface area contributed by atoms with E-state index in [2.05, 4.69) is 5.32 Å². The van der Waals surface area contributed by atoms with Gasteiger partial charge in [0.15, 0.2) is 0 Å². The maximum atomic E-state index is 13.5. The molecular weight excluding hydrogens is 525 g/mol. The van der Waals surface area contributed by atoms with Gasteiger partial charge in [-0.3, -0.25) is 9.59 Å². The first-order valence-corrected chi connectivity index (χ1v) is 13.8. The maximum Gasteiger partial charge on any atom is 0.251 e. The summed E-state index contributed by atoms with van der Waals surface area (Å²) >= 11 is 11.9. The number of carbonyl (C=O) groups is 2. The van der Waals surface area contributed by atoms with Crippen LogP contribution in [-0.4, -0.2) is 49.4 Å². The number of nitrogens with zero attached hydrogens (tertiary/aromatic N) is 1. The number of hydrogen-bond donors (Lipinski definition) is 3. The minimum Gasteiger partial charge on any atom is -0.384 e. The van der Waals surface area contributed by atoms with Crippen molar-refractivity contribution in [2.24, 2.45) is 16.5 Å². The average Bonchev–Trinajstić information content (AvgIpc) is 2.78. The van der Waals surface area contributed by atoms with E-state index in [1.807, 2.05) is 13.8 Å². The predicted octanol–water partition coefficient (Wildman–Crippen LogP) is 3.54. The zero-order valence-electron chi connectivity index (χ0n) is 20.6. The molecule has 0 aliphatic carbocycles. The summed E-state index contributed by atoms with van der Waals surface area (Å²) in [6, 6.07) is 9.89. The van der Waals surface area contributed by atoms with Gasteiger partial charge in [-0.15, -0.1) is 0 Å². The molecule has 1 aliphatic rings. The second kappa shape index (κ2) is 10.3. The molecule has 2 aromatic carbocycles. The molecule has 2 atom stereocenters. The van der Waals surface area contributed by atoms with Crippen LogP contribution in [0.1, 0.15) is 50.0 Å². The Balaban J connectivity index is 1.81. The molecule has 1 saturated heterocycles. The third-order valence-corrected chi connectivity index (χ3v) is 8.45. The molecule has 4 N–H and O–H groups in total. The van der Waals surface area contributed by atoms with Crippen molar-refractivity contribution in [1.29, 1.82) is 0 Å². The van der Waals surface area contributed by atoms with E-state index in [1.54, 1.807) is 43.0 Å². The number of aliphatic hydroxyl groups is 1. The highest BCUT2D eigenvalue weighted by molar-refractivity contribution is 7.89. The standard InChI is InChI=1S/C25H31Cl2N3O5S/c1-15(2)21(29-22(31)16-5-10-19(27)20(13-16)36(28,34)35)23(32)30-12-11-25(33,24(3,4)14-30)17-6-8-18(26)9-7-17/h5-10,13,15,21,33H,11-12,14H2,1-4H3,(H,29,31)(H2,28,34,35)/t21-,25+/m1/s1. The lowest BCUT2D eigenvalue weighted by Gasteiger charge is -2.51. The summed E-state index contributed by atoms with van der Waals surface area (Å²) in [5, 5.41) is 20.0. The number of primary sulfonamides is 1. The van der Waals surface area contributed by atoms with Crippen LogP contribution in [-0.2, 0) is 20.4 Å². The molecule has 0 bridgehead atoms. The number of hydrogen-bond acceptors (Lipinski definition) is 5. The third kappa shape index (κ3) is 5.70. The Morgan fingerprint density at radius 1 is 1.11 bits per heavy atom. The number of likely N-dealkylation sites (tertiary alicyclic amines) is 1. The van der Waals surface area contributed by atoms with E-state index < -0.39 is 33.0 Å². The zero-order valence-corrected chi connectivity index (χ0v) is 22.9. The van der Waals surface area contributed by atoms with E-state index in [0.717, 1.165) is 11.6 Å². The van der Waals surface area contributed by atoms with Crippen molar-refractivity contribution in [2.75, 3.05) is 13.1 Å². The van der Waals surface area contributed by atoms with Gasteiger partial charge in [-0.25, -0.2) is 13.6 Å². The molecule has 36 heavy (non-hydrogen) atoms. The van der Waals surface area contributed by atoms with Gasteiger partial charge >= 0.3 is 0 Å². The van der Waals surface area contributed by atoms with Crippen LogP contribution in [0.2, 0.25) is 10.0 Å². The fraction of sp³-hybridized carbons (Fsp3) is 0.440. The van der Waals surface area contributed by atoms with Crippen LogP contribution < -0.4 is 10.5 Å². The van der Waals surface area contributed by atoms with Gasteiger partial charge in [0.2, 0.25) is 15.9 Å². The largest absolute Gasteiger partial charge is 0.384 e. The normalized spacial score (nSPS) is 20.8. The van der Waals surface area contributed by atoms with Crippen LogP contribution in [0.15, 0.2) is 47.4 Å². The average molecular weight is 557 g/mol. The molecule has 196 valence electrons. The Labute approximate surface area is 221 Å². The highest BCUT2D eigenvalue weighted by Gasteiger charge is 2.50. The Bertz CT molecular complexity index is 1260. The Morgan fingerprint density at radius 3 is 2.25 bits per heavy atom. The van der Waals surface area contributed by atoms with E-state index >= 15 is 0 Å². The molecule has 0 radical (unpaired) electrons. The molecule has 0 unspecified atom stereocenters. The minimum atomic E-state index is -4.14. The molecule has 0 saturated carbocycles. The topological polar surface area (TPSA) is 130 Å². The number of nitrogens with two attached hydrogens (primary N) is 1. The van der Waals surface area contributed by atoms with Crippen molar-refractivity contribution in [1.82, 2.24) is 10.2 Å². The number of nitrogens with one attached hydrogen (secondary N) is 1. The summed E-state index contributed by atoms with van der Waals surface area (Å²) in [4.78, 5) is 27.8. The second-order valence-electron chi connectivity index (χ2n) is 10.1. The molecule has 1 aliphatic heterocycles. The fourth-order valence-corrected chi connectivity index (χ4v) is 5.77. The van der Waals surface area contributed by atoms with Gasteiger partial charge < -0.3 is 15.3 Å². The first kappa shape index (κ1) is 28.4. The molecule has 0 aromatic heterocycles. The van der Waals surface area contributed by atoms with Crippen LogP contribution in [0.25, 0.3) is 0 Å². The third-order valence-electron chi connectivity index (χ3n) is 6.80. The van der Waals surface area contributed by atoms with E-state index in [-0.39, 0.29) is 40.4 Å². The molecule has 1 heterocycles. The van der Waals surface area contributed by atoms with Gasteiger partial charge in [0.1, 0.15) is 10.9 Å². The fourth-order valence-electron chi connectivity index (χ4n) is 4.57. The Morgan fingerprint density at radius 2 is 1.72 bits per heavy atom. The predicted molar refractivity (Wildman–Crippen MR) is 139 cm³/mol. The molecule has 2 aromatic rings. The summed E-state index contributed by atoms with van der Waals surface area (Å²) in [5.74, 6) is -1.17. The minimum absolute atomic E-state index is 0.0120. The van der Waals surface area contributed by atoms with Crippen LogP contribution >= 0.6 is 23.2 Å². The highest BCUT2D eigenvalue weighted by Crippen LogP contribution is 2.46. The van der Waals surface area contributed by atoms with Gasteiger partial charge in [-0.05, 0) is 48.2 Å². The monoisotopic (exact) mass is 555 g/mol. The smallest absolute Gasteiger partial charge is 0.251 e. The number of rotatable bonds is 6. The lowest BCUT2D eigenvalue weighted by molar-refractivity contribution is -0.155. The van der Waals surface area contributed by atoms with Gasteiger partial charge in [-0.2, -0.15) is 0 Å². The van der Waals surface area contributed by atoms with Gasteiger partial charge in [0, 0.05) is 29.1 Å². The molecule has 1 fully saturated rings. The molecule has 8 nitrogen and oxygen atoms in total. The summed E-state index contributed by atoms with van der Waals surface area (Å²) in [6.07, 6.45) is 0.307. The van der Waals surface area contributed by atoms with E-state index in [4.69, 9.17) is 28.3 Å². The maximum absolute atomic E-state index is 13.5. The van der Waals surface area contributed by atoms with Crippen molar-refractivity contribution in [3.05, 3.63) is 63.6 Å². The quantitative estimate of drug-likeness (QED) is 0.501. The van der Waals surface area contributed by atoms with Crippen molar-refractivity contribution in [2.45, 2.75) is 50.7 Å². The van der Waals surface area contributed by atoms with E-state index in [0.29, 0.717) is 11.4 Å². The number of sulfonamides is 1. The molecule has 2 amide bonds. The summed E-state index contributed by atoms with van der Waals surface area (Å²) in [7, 11) is -4.14. The highest BCUT2D eigenvalue weighted by atomic mass is 35.5. The Hall–Kier alpha value is -2.17. The lowest BCUT2D eigenvalue weighted by atomic mass is 9.66. The van der Waals surface area contributed by atoms with Gasteiger partial charge in [-0.1, -0.05) is 63.0 Å². The number of amides is 2. The number of benzene rings is 2. The van der Waals surface area contributed by atoms with Crippen molar-refractivity contribution in [3.63, 3.8) is 0 Å². The molecule has 3 rings (SSSR count). The molecular formula is C25H31Cl2N3O5S. The second-order valence-corrected chi connectivity index (χ2v) is 12.5. The number of piperidine rings is 1. The first-order valence-electron chi connectivity index (χ1n) is 11.5. The number of carbonyl (C=O) groups excluding carboxylic acids is 2. The van der Waals surface area contributed by atoms with Gasteiger partial charge in [0.05, 0.1) is 10.6 Å². The SMILES string of the molecule is CC(C)[C@@H](NC(=O)c1ccc(Cl)c(S(N)(=O)=O)c1)C(=O)N1CC[C@](O)(c2ccc(Cl)cc2)C(C)(C)C1. The van der Waals surface area contributed by atoms with Crippen LogP contribution in [0, 0.1) is 11.3 Å². The van der Waals surface area contributed by atoms with Crippen LogP contribution in [0.5, 0.6) is 0 Å². The number of halogens is 2. The Kier molecular flexibility index (Phi) is 8.13. The van der Waals surface area contributed by atoms with Gasteiger partial charge in [0.25, 0.3) is 5.91 Å². The van der Waals surface area contributed by atoms with E-state index in [1.165, 1.54) is 12.1 Å². The summed E-state index contributed by atoms with van der Waals surface area (Å²) in [5.41, 5.74) is -1.12. The van der Waals surface area contributed by atoms with Crippen LogP contribution in [0.3, 0.4) is 0 Å². The zero-order chi connectivity index (χ0) is 27.1. The van der Waals surface area contributed by atoms with Crippen molar-refractivity contribution >= 4 is 45.0 Å². The molecule has 0 spiro atoms. The van der Waals surface area contributed by atoms with Crippen LogP contribution in [0.4, 0.5) is 0 Å². The summed E-state index contributed by atoms with van der Waals surface area (Å²) < 4.78 is 23.6. The van der Waals surface area contributed by atoms with Crippen molar-refractivity contribution in [3.8, 4) is 0 Å². The summed E-state index contributed by atoms with van der Waals surface area (Å²) in [6.45, 7) is 7.95.